The first kappa shape index (κ1) is 21.7. The number of rotatable bonds is 7. The zero-order chi connectivity index (χ0) is 22.7. The SMILES string of the molecule is COc1ccc2cc(CN(Cc3ccc(F)cc3)S(=O)(=O)c3ccccc3)c(=O)[nH]c2c1. The highest BCUT2D eigenvalue weighted by Crippen LogP contribution is 2.23. The first-order chi connectivity index (χ1) is 15.4. The maximum atomic E-state index is 13.4. The van der Waals surface area contributed by atoms with E-state index >= 15 is 0 Å². The molecule has 32 heavy (non-hydrogen) atoms. The lowest BCUT2D eigenvalue weighted by Gasteiger charge is -2.22. The van der Waals surface area contributed by atoms with Crippen LogP contribution in [0.5, 0.6) is 5.75 Å². The Morgan fingerprint density at radius 2 is 1.66 bits per heavy atom. The maximum Gasteiger partial charge on any atom is 0.252 e. The number of pyridine rings is 1. The predicted molar refractivity (Wildman–Crippen MR) is 120 cm³/mol. The van der Waals surface area contributed by atoms with Crippen molar-refractivity contribution in [3.63, 3.8) is 0 Å². The van der Waals surface area contributed by atoms with E-state index in [-0.39, 0.29) is 18.0 Å². The summed E-state index contributed by atoms with van der Waals surface area (Å²) in [4.78, 5) is 15.7. The second-order valence-electron chi connectivity index (χ2n) is 7.29. The molecule has 4 rings (SSSR count). The minimum absolute atomic E-state index is 0.0163. The number of nitrogens with zero attached hydrogens (tertiary/aromatic N) is 1. The van der Waals surface area contributed by atoms with Crippen molar-refractivity contribution in [3.05, 3.63) is 106 Å². The summed E-state index contributed by atoms with van der Waals surface area (Å²) >= 11 is 0. The second kappa shape index (κ2) is 8.94. The Kier molecular flexibility index (Phi) is 6.07. The fourth-order valence-corrected chi connectivity index (χ4v) is 4.85. The van der Waals surface area contributed by atoms with Gasteiger partial charge in [-0.05, 0) is 53.4 Å². The zero-order valence-corrected chi connectivity index (χ0v) is 18.1. The van der Waals surface area contributed by atoms with E-state index in [1.807, 2.05) is 0 Å². The highest BCUT2D eigenvalue weighted by atomic mass is 32.2. The maximum absolute atomic E-state index is 13.4. The minimum Gasteiger partial charge on any atom is -0.497 e. The average Bonchev–Trinajstić information content (AvgIpc) is 2.80. The van der Waals surface area contributed by atoms with E-state index in [9.17, 15) is 17.6 Å². The molecule has 0 saturated carbocycles. The van der Waals surface area contributed by atoms with Crippen LogP contribution in [0.15, 0.2) is 88.6 Å². The van der Waals surface area contributed by atoms with Gasteiger partial charge in [-0.15, -0.1) is 0 Å². The third-order valence-corrected chi connectivity index (χ3v) is 6.94. The van der Waals surface area contributed by atoms with Crippen molar-refractivity contribution in [3.8, 4) is 5.75 Å². The molecule has 1 aromatic heterocycles. The van der Waals surface area contributed by atoms with Crippen LogP contribution in [0.1, 0.15) is 11.1 Å². The van der Waals surface area contributed by atoms with Crippen molar-refractivity contribution < 1.29 is 17.5 Å². The summed E-state index contributed by atoms with van der Waals surface area (Å²) in [5, 5.41) is 0.749. The Morgan fingerprint density at radius 3 is 2.34 bits per heavy atom. The van der Waals surface area contributed by atoms with Crippen molar-refractivity contribution in [2.75, 3.05) is 7.11 Å². The molecule has 0 amide bonds. The van der Waals surface area contributed by atoms with E-state index in [0.29, 0.717) is 22.4 Å². The molecule has 4 aromatic rings. The standard InChI is InChI=1S/C24H21FN2O4S/c1-31-21-12-9-18-13-19(24(28)26-23(18)14-21)16-27(15-17-7-10-20(25)11-8-17)32(29,30)22-5-3-2-4-6-22/h2-14H,15-16H2,1H3,(H,26,28). The van der Waals surface area contributed by atoms with E-state index in [1.165, 1.54) is 47.8 Å². The van der Waals surface area contributed by atoms with Crippen LogP contribution in [0, 0.1) is 5.82 Å². The predicted octanol–water partition coefficient (Wildman–Crippen LogP) is 4.07. The number of aromatic nitrogens is 1. The van der Waals surface area contributed by atoms with Gasteiger partial charge >= 0.3 is 0 Å². The molecule has 1 heterocycles. The number of aromatic amines is 1. The summed E-state index contributed by atoms with van der Waals surface area (Å²) in [7, 11) is -2.38. The largest absolute Gasteiger partial charge is 0.497 e. The first-order valence-corrected chi connectivity index (χ1v) is 11.3. The quantitative estimate of drug-likeness (QED) is 0.459. The number of ether oxygens (including phenoxy) is 1. The van der Waals surface area contributed by atoms with Gasteiger partial charge in [0.05, 0.1) is 17.5 Å². The summed E-state index contributed by atoms with van der Waals surface area (Å²) in [5.74, 6) is 0.193. The van der Waals surface area contributed by atoms with E-state index in [1.54, 1.807) is 42.5 Å². The number of sulfonamides is 1. The number of H-pyrrole nitrogens is 1. The van der Waals surface area contributed by atoms with Gasteiger partial charge < -0.3 is 9.72 Å². The first-order valence-electron chi connectivity index (χ1n) is 9.86. The summed E-state index contributed by atoms with van der Waals surface area (Å²) in [5.41, 5.74) is 1.10. The molecule has 0 atom stereocenters. The number of benzene rings is 3. The topological polar surface area (TPSA) is 79.5 Å². The Labute approximate surface area is 185 Å². The van der Waals surface area contributed by atoms with Gasteiger partial charge in [0.2, 0.25) is 10.0 Å². The molecule has 0 fully saturated rings. The van der Waals surface area contributed by atoms with E-state index < -0.39 is 21.4 Å². The smallest absolute Gasteiger partial charge is 0.252 e. The molecule has 164 valence electrons. The van der Waals surface area contributed by atoms with Gasteiger partial charge in [0.15, 0.2) is 0 Å². The molecule has 3 aromatic carbocycles. The summed E-state index contributed by atoms with van der Waals surface area (Å²) < 4.78 is 46.5. The highest BCUT2D eigenvalue weighted by molar-refractivity contribution is 7.89. The van der Waals surface area contributed by atoms with Crippen molar-refractivity contribution in [2.24, 2.45) is 0 Å². The molecular formula is C24H21FN2O4S. The van der Waals surface area contributed by atoms with Crippen molar-refractivity contribution in [2.45, 2.75) is 18.0 Å². The van der Waals surface area contributed by atoms with E-state index in [4.69, 9.17) is 4.74 Å². The molecule has 0 saturated heterocycles. The monoisotopic (exact) mass is 452 g/mol. The molecule has 1 N–H and O–H groups in total. The lowest BCUT2D eigenvalue weighted by atomic mass is 10.1. The number of methoxy groups -OCH3 is 1. The number of fused-ring (bicyclic) bond motifs is 1. The molecule has 0 bridgehead atoms. The van der Waals surface area contributed by atoms with Crippen LogP contribution >= 0.6 is 0 Å². The second-order valence-corrected chi connectivity index (χ2v) is 9.23. The van der Waals surface area contributed by atoms with Crippen LogP contribution in [-0.2, 0) is 23.1 Å². The molecule has 0 radical (unpaired) electrons. The lowest BCUT2D eigenvalue weighted by Crippen LogP contribution is -2.32. The minimum atomic E-state index is -3.92. The number of halogens is 1. The molecule has 0 aliphatic carbocycles. The Morgan fingerprint density at radius 1 is 0.938 bits per heavy atom. The Balaban J connectivity index is 1.75. The van der Waals surface area contributed by atoms with Crippen LogP contribution < -0.4 is 10.3 Å². The Hall–Kier alpha value is -3.49. The van der Waals surface area contributed by atoms with Crippen LogP contribution in [0.25, 0.3) is 10.9 Å². The van der Waals surface area contributed by atoms with Gasteiger partial charge in [-0.3, -0.25) is 4.79 Å². The van der Waals surface area contributed by atoms with Gasteiger partial charge in [-0.2, -0.15) is 4.31 Å². The van der Waals surface area contributed by atoms with Crippen molar-refractivity contribution >= 4 is 20.9 Å². The van der Waals surface area contributed by atoms with Crippen LogP contribution in [0.2, 0.25) is 0 Å². The molecule has 0 aliphatic heterocycles. The van der Waals surface area contributed by atoms with Gasteiger partial charge in [-0.1, -0.05) is 30.3 Å². The zero-order valence-electron chi connectivity index (χ0n) is 17.3. The summed E-state index contributed by atoms with van der Waals surface area (Å²) in [6, 6.07) is 20.6. The fourth-order valence-electron chi connectivity index (χ4n) is 3.42. The Bertz CT molecular complexity index is 1400. The molecule has 0 unspecified atom stereocenters. The lowest BCUT2D eigenvalue weighted by molar-refractivity contribution is 0.399. The van der Waals surface area contributed by atoms with Gasteiger partial charge in [0.1, 0.15) is 11.6 Å². The average molecular weight is 453 g/mol. The molecular weight excluding hydrogens is 431 g/mol. The van der Waals surface area contributed by atoms with E-state index in [2.05, 4.69) is 4.98 Å². The molecule has 0 aliphatic rings. The number of nitrogens with one attached hydrogen (secondary N) is 1. The summed E-state index contributed by atoms with van der Waals surface area (Å²) in [6.07, 6.45) is 0. The third-order valence-electron chi connectivity index (χ3n) is 5.13. The van der Waals surface area contributed by atoms with Crippen LogP contribution in [0.4, 0.5) is 4.39 Å². The van der Waals surface area contributed by atoms with Gasteiger partial charge in [0.25, 0.3) is 5.56 Å². The third kappa shape index (κ3) is 4.56. The van der Waals surface area contributed by atoms with Crippen molar-refractivity contribution in [1.29, 1.82) is 0 Å². The highest BCUT2D eigenvalue weighted by Gasteiger charge is 2.26. The molecule has 0 spiro atoms. The van der Waals surface area contributed by atoms with Crippen molar-refractivity contribution in [1.82, 2.24) is 9.29 Å². The van der Waals surface area contributed by atoms with E-state index in [0.717, 1.165) is 5.39 Å². The fraction of sp³-hybridized carbons (Fsp3) is 0.125. The number of hydrogen-bond acceptors (Lipinski definition) is 4. The summed E-state index contributed by atoms with van der Waals surface area (Å²) in [6.45, 7) is -0.163. The van der Waals surface area contributed by atoms with Gasteiger partial charge in [0, 0.05) is 24.7 Å². The van der Waals surface area contributed by atoms with Crippen LogP contribution in [-0.4, -0.2) is 24.8 Å². The molecule has 8 heteroatoms. The molecule has 6 nitrogen and oxygen atoms in total. The normalized spacial score (nSPS) is 11.7. The van der Waals surface area contributed by atoms with Crippen LogP contribution in [0.3, 0.4) is 0 Å². The van der Waals surface area contributed by atoms with Gasteiger partial charge in [-0.25, -0.2) is 12.8 Å². The number of hydrogen-bond donors (Lipinski definition) is 1.